The van der Waals surface area contributed by atoms with Crippen LogP contribution >= 0.6 is 22.6 Å². The Balaban J connectivity index is 5.36. The fourth-order valence-corrected chi connectivity index (χ4v) is 1.43. The fourth-order valence-electron chi connectivity index (χ4n) is 0.879. The zero-order valence-corrected chi connectivity index (χ0v) is 10.4. The molecule has 0 rings (SSSR count). The summed E-state index contributed by atoms with van der Waals surface area (Å²) in [4.78, 5) is 0. The van der Waals surface area contributed by atoms with E-state index in [0.29, 0.717) is 0 Å². The number of alkyl halides is 10. The molecular weight excluding hydrogens is 398 g/mol. The largest absolute Gasteiger partial charge is 0.460 e. The predicted octanol–water partition coefficient (Wildman–Crippen LogP) is 3.64. The van der Waals surface area contributed by atoms with E-state index in [1.54, 1.807) is 0 Å². The van der Waals surface area contributed by atoms with Gasteiger partial charge in [0.15, 0.2) is 0 Å². The van der Waals surface area contributed by atoms with Gasteiger partial charge in [0.05, 0.1) is 6.61 Å². The van der Waals surface area contributed by atoms with Gasteiger partial charge in [-0.2, -0.15) is 39.5 Å². The summed E-state index contributed by atoms with van der Waals surface area (Å²) in [5.41, 5.74) is 0. The molecule has 0 fully saturated rings. The van der Waals surface area contributed by atoms with Crippen LogP contribution in [-0.4, -0.2) is 39.6 Å². The number of halogens is 10. The first kappa shape index (κ1) is 18.1. The lowest BCUT2D eigenvalue weighted by molar-refractivity contribution is -0.396. The van der Waals surface area contributed by atoms with Crippen molar-refractivity contribution in [3.63, 3.8) is 0 Å². The van der Waals surface area contributed by atoms with E-state index < -0.39 is 40.9 Å². The summed E-state index contributed by atoms with van der Waals surface area (Å²) in [6.07, 6.45) is -8.82. The summed E-state index contributed by atoms with van der Waals surface area (Å²) in [6, 6.07) is 0. The van der Waals surface area contributed by atoms with Crippen molar-refractivity contribution >= 4 is 22.6 Å². The summed E-state index contributed by atoms with van der Waals surface area (Å²) < 4.78 is 109. The van der Waals surface area contributed by atoms with Crippen LogP contribution in [0.5, 0.6) is 0 Å². The molecule has 0 aromatic rings. The topological polar surface area (TPSA) is 20.2 Å². The Morgan fingerprint density at radius 1 is 0.833 bits per heavy atom. The molecule has 0 amide bonds. The van der Waals surface area contributed by atoms with Crippen LogP contribution < -0.4 is 0 Å². The van der Waals surface area contributed by atoms with E-state index in [1.165, 1.54) is 0 Å². The Kier molecular flexibility index (Phi) is 5.23. The number of hydrogen-bond acceptors (Lipinski definition) is 1. The summed E-state index contributed by atoms with van der Waals surface area (Å²) in [7, 11) is 0. The number of aliphatic hydroxyl groups is 1. The lowest BCUT2D eigenvalue weighted by Crippen LogP contribution is -2.61. The van der Waals surface area contributed by atoms with Crippen LogP contribution in [0.15, 0.2) is 0 Å². The molecule has 18 heavy (non-hydrogen) atoms. The van der Waals surface area contributed by atoms with Gasteiger partial charge in [-0.25, -0.2) is 0 Å². The molecule has 1 atom stereocenters. The van der Waals surface area contributed by atoms with Crippen LogP contribution in [0, 0.1) is 0 Å². The third kappa shape index (κ3) is 3.14. The lowest BCUT2D eigenvalue weighted by atomic mass is 10.00. The van der Waals surface area contributed by atoms with E-state index in [1.807, 2.05) is 0 Å². The molecule has 0 aromatic carbocycles. The Morgan fingerprint density at radius 3 is 1.50 bits per heavy atom. The molecule has 0 saturated carbocycles. The predicted molar refractivity (Wildman–Crippen MR) is 50.4 cm³/mol. The molecule has 0 bridgehead atoms. The normalized spacial score (nSPS) is 16.8. The van der Waals surface area contributed by atoms with Gasteiger partial charge in [0.1, 0.15) is 0 Å². The van der Waals surface area contributed by atoms with E-state index in [9.17, 15) is 39.5 Å². The smallest absolute Gasteiger partial charge is 0.395 e. The van der Waals surface area contributed by atoms with Crippen molar-refractivity contribution < 1.29 is 44.6 Å². The molecular formula is C7H6F9IO. The molecule has 0 saturated heterocycles. The van der Waals surface area contributed by atoms with Gasteiger partial charge in [-0.3, -0.25) is 0 Å². The van der Waals surface area contributed by atoms with Crippen molar-refractivity contribution in [2.24, 2.45) is 0 Å². The molecule has 1 N–H and O–H groups in total. The van der Waals surface area contributed by atoms with Gasteiger partial charge in [0.25, 0.3) is 0 Å². The van der Waals surface area contributed by atoms with Gasteiger partial charge >= 0.3 is 23.9 Å². The van der Waals surface area contributed by atoms with E-state index in [4.69, 9.17) is 5.11 Å². The maximum absolute atomic E-state index is 12.8. The summed E-state index contributed by atoms with van der Waals surface area (Å²) in [6.45, 7) is -1.07. The minimum absolute atomic E-state index is 1.03. The van der Waals surface area contributed by atoms with Crippen LogP contribution in [0.1, 0.15) is 6.42 Å². The number of hydrogen-bond donors (Lipinski definition) is 1. The Hall–Kier alpha value is 0.0600. The first-order valence-electron chi connectivity index (χ1n) is 4.16. The van der Waals surface area contributed by atoms with Gasteiger partial charge in [-0.05, 0) is 0 Å². The number of rotatable bonds is 5. The minimum atomic E-state index is -6.87. The van der Waals surface area contributed by atoms with E-state index >= 15 is 0 Å². The van der Waals surface area contributed by atoms with Crippen molar-refractivity contribution in [3.8, 4) is 0 Å². The highest BCUT2D eigenvalue weighted by Gasteiger charge is 2.81. The maximum Gasteiger partial charge on any atom is 0.460 e. The first-order valence-corrected chi connectivity index (χ1v) is 5.40. The second kappa shape index (κ2) is 5.21. The molecule has 0 spiro atoms. The van der Waals surface area contributed by atoms with Crippen LogP contribution in [0.3, 0.4) is 0 Å². The molecule has 11 heteroatoms. The third-order valence-electron chi connectivity index (χ3n) is 1.89. The van der Waals surface area contributed by atoms with Crippen LogP contribution in [0.4, 0.5) is 39.5 Å². The second-order valence-electron chi connectivity index (χ2n) is 3.33. The molecule has 0 aliphatic rings. The van der Waals surface area contributed by atoms with Crippen LogP contribution in [0.2, 0.25) is 0 Å². The summed E-state index contributed by atoms with van der Waals surface area (Å²) >= 11 is 1.03. The Bertz CT molecular complexity index is 287. The lowest BCUT2D eigenvalue weighted by Gasteiger charge is -2.34. The SMILES string of the molecule is OCC(I)CC(F)(F)C(F)(F)C(F)(F)C(F)(F)F. The maximum atomic E-state index is 12.8. The average molecular weight is 404 g/mol. The fraction of sp³-hybridized carbons (Fsp3) is 1.00. The van der Waals surface area contributed by atoms with Crippen LogP contribution in [-0.2, 0) is 0 Å². The molecule has 0 radical (unpaired) electrons. The summed E-state index contributed by atoms with van der Waals surface area (Å²) in [5.74, 6) is -19.1. The van der Waals surface area contributed by atoms with E-state index in [0.717, 1.165) is 22.6 Å². The van der Waals surface area contributed by atoms with Crippen molar-refractivity contribution in [2.75, 3.05) is 6.61 Å². The van der Waals surface area contributed by atoms with E-state index in [2.05, 4.69) is 0 Å². The van der Waals surface area contributed by atoms with Gasteiger partial charge in [0.2, 0.25) is 0 Å². The molecule has 1 nitrogen and oxygen atoms in total. The third-order valence-corrected chi connectivity index (χ3v) is 2.72. The van der Waals surface area contributed by atoms with E-state index in [-0.39, 0.29) is 0 Å². The van der Waals surface area contributed by atoms with Crippen molar-refractivity contribution in [1.82, 2.24) is 0 Å². The summed E-state index contributed by atoms with van der Waals surface area (Å²) in [5, 5.41) is 8.33. The van der Waals surface area contributed by atoms with Gasteiger partial charge < -0.3 is 5.11 Å². The average Bonchev–Trinajstić information content (AvgIpc) is 2.14. The molecule has 0 aliphatic heterocycles. The Morgan fingerprint density at radius 2 is 1.22 bits per heavy atom. The van der Waals surface area contributed by atoms with Crippen molar-refractivity contribution in [2.45, 2.75) is 34.3 Å². The molecule has 0 aromatic heterocycles. The zero-order valence-electron chi connectivity index (χ0n) is 8.22. The number of aliphatic hydroxyl groups excluding tert-OH is 1. The first-order chi connectivity index (χ1) is 7.70. The second-order valence-corrected chi connectivity index (χ2v) is 5.10. The van der Waals surface area contributed by atoms with Gasteiger partial charge in [0, 0.05) is 10.3 Å². The molecule has 0 heterocycles. The highest BCUT2D eigenvalue weighted by Crippen LogP contribution is 2.54. The van der Waals surface area contributed by atoms with Crippen LogP contribution in [0.25, 0.3) is 0 Å². The van der Waals surface area contributed by atoms with Gasteiger partial charge in [-0.15, -0.1) is 0 Å². The minimum Gasteiger partial charge on any atom is -0.395 e. The highest BCUT2D eigenvalue weighted by molar-refractivity contribution is 14.1. The van der Waals surface area contributed by atoms with Gasteiger partial charge in [-0.1, -0.05) is 22.6 Å². The Labute approximate surface area is 108 Å². The quantitative estimate of drug-likeness (QED) is 0.422. The molecule has 110 valence electrons. The molecule has 1 unspecified atom stereocenters. The highest BCUT2D eigenvalue weighted by atomic mass is 127. The van der Waals surface area contributed by atoms with Crippen molar-refractivity contribution in [1.29, 1.82) is 0 Å². The molecule has 0 aliphatic carbocycles. The zero-order chi connectivity index (χ0) is 15.0. The standard InChI is InChI=1S/C7H6F9IO/c8-4(9,1-3(17)2-18)5(10,11)6(12,13)7(14,15)16/h3,18H,1-2H2. The van der Waals surface area contributed by atoms with Crippen molar-refractivity contribution in [3.05, 3.63) is 0 Å². The monoisotopic (exact) mass is 404 g/mol.